The summed E-state index contributed by atoms with van der Waals surface area (Å²) in [5, 5.41) is 2.39. The predicted octanol–water partition coefficient (Wildman–Crippen LogP) is 2.35. The second-order valence-corrected chi connectivity index (χ2v) is 3.93. The van der Waals surface area contributed by atoms with Crippen LogP contribution in [0.5, 0.6) is 5.75 Å². The lowest BCUT2D eigenvalue weighted by molar-refractivity contribution is -0.135. The number of benzene rings is 1. The van der Waals surface area contributed by atoms with E-state index in [1.807, 2.05) is 0 Å². The molecule has 0 aliphatic heterocycles. The van der Waals surface area contributed by atoms with Crippen LogP contribution in [0.4, 0.5) is 18.9 Å². The first-order valence-electron chi connectivity index (χ1n) is 5.62. The van der Waals surface area contributed by atoms with Gasteiger partial charge < -0.3 is 15.8 Å². The summed E-state index contributed by atoms with van der Waals surface area (Å²) in [6, 6.07) is 4.50. The van der Waals surface area contributed by atoms with Crippen molar-refractivity contribution in [2.24, 2.45) is 0 Å². The van der Waals surface area contributed by atoms with Crippen LogP contribution < -0.4 is 15.8 Å². The summed E-state index contributed by atoms with van der Waals surface area (Å²) in [4.78, 5) is 11.7. The van der Waals surface area contributed by atoms with Crippen LogP contribution in [-0.2, 0) is 0 Å². The van der Waals surface area contributed by atoms with E-state index >= 15 is 0 Å². The largest absolute Gasteiger partial charge is 0.497 e. The number of alkyl halides is 3. The molecule has 0 atom stereocenters. The number of nitrogen functional groups attached to an aromatic ring is 1. The van der Waals surface area contributed by atoms with Crippen molar-refractivity contribution in [1.82, 2.24) is 5.32 Å². The molecule has 0 unspecified atom stereocenters. The van der Waals surface area contributed by atoms with Gasteiger partial charge in [-0.3, -0.25) is 4.79 Å². The second-order valence-electron chi connectivity index (χ2n) is 3.93. The smallest absolute Gasteiger partial charge is 0.389 e. The lowest BCUT2D eigenvalue weighted by Crippen LogP contribution is -2.26. The maximum absolute atomic E-state index is 11.9. The summed E-state index contributed by atoms with van der Waals surface area (Å²) >= 11 is 0. The number of nitrogens with one attached hydrogen (secondary N) is 1. The van der Waals surface area contributed by atoms with Gasteiger partial charge >= 0.3 is 6.18 Å². The third-order valence-electron chi connectivity index (χ3n) is 2.43. The molecule has 0 heterocycles. The van der Waals surface area contributed by atoms with E-state index in [1.165, 1.54) is 19.2 Å². The molecule has 1 aromatic carbocycles. The Kier molecular flexibility index (Phi) is 5.02. The molecule has 0 aliphatic rings. The van der Waals surface area contributed by atoms with Crippen molar-refractivity contribution in [1.29, 1.82) is 0 Å². The van der Waals surface area contributed by atoms with Crippen LogP contribution in [-0.4, -0.2) is 25.7 Å². The van der Waals surface area contributed by atoms with Gasteiger partial charge in [0.05, 0.1) is 12.7 Å². The Labute approximate surface area is 108 Å². The first kappa shape index (κ1) is 15.1. The molecule has 1 rings (SSSR count). The standard InChI is InChI=1S/C12H15F3N2O2/c1-19-8-3-4-9(10(16)7-8)11(18)17-6-2-5-12(13,14)15/h3-4,7H,2,5-6,16H2,1H3,(H,17,18). The van der Waals surface area contributed by atoms with Gasteiger partial charge in [-0.15, -0.1) is 0 Å². The van der Waals surface area contributed by atoms with E-state index in [4.69, 9.17) is 10.5 Å². The van der Waals surface area contributed by atoms with Gasteiger partial charge in [-0.1, -0.05) is 0 Å². The fraction of sp³-hybridized carbons (Fsp3) is 0.417. The fourth-order valence-corrected chi connectivity index (χ4v) is 1.46. The number of amides is 1. The van der Waals surface area contributed by atoms with E-state index in [0.717, 1.165) is 0 Å². The minimum atomic E-state index is -4.20. The quantitative estimate of drug-likeness (QED) is 0.641. The highest BCUT2D eigenvalue weighted by Crippen LogP contribution is 2.21. The molecule has 0 saturated carbocycles. The normalized spacial score (nSPS) is 11.2. The van der Waals surface area contributed by atoms with Crippen molar-refractivity contribution in [3.05, 3.63) is 23.8 Å². The number of ether oxygens (including phenoxy) is 1. The van der Waals surface area contributed by atoms with E-state index in [-0.39, 0.29) is 24.2 Å². The van der Waals surface area contributed by atoms with Crippen molar-refractivity contribution in [2.45, 2.75) is 19.0 Å². The SMILES string of the molecule is COc1ccc(C(=O)NCCCC(F)(F)F)c(N)c1. The van der Waals surface area contributed by atoms with Crippen molar-refractivity contribution < 1.29 is 22.7 Å². The molecule has 1 aromatic rings. The number of carbonyl (C=O) groups excluding carboxylic acids is 1. The molecule has 19 heavy (non-hydrogen) atoms. The van der Waals surface area contributed by atoms with Crippen molar-refractivity contribution in [2.75, 3.05) is 19.4 Å². The minimum absolute atomic E-state index is 0.0518. The number of nitrogens with two attached hydrogens (primary N) is 1. The molecule has 106 valence electrons. The number of rotatable bonds is 5. The molecule has 0 aromatic heterocycles. The van der Waals surface area contributed by atoms with Gasteiger partial charge in [0.1, 0.15) is 5.75 Å². The number of hydrogen-bond acceptors (Lipinski definition) is 3. The molecular weight excluding hydrogens is 261 g/mol. The maximum Gasteiger partial charge on any atom is 0.389 e. The molecule has 0 bridgehead atoms. The maximum atomic E-state index is 11.9. The second kappa shape index (κ2) is 6.31. The summed E-state index contributed by atoms with van der Waals surface area (Å²) in [6.07, 6.45) is -5.29. The number of hydrogen-bond donors (Lipinski definition) is 2. The molecule has 3 N–H and O–H groups in total. The Morgan fingerprint density at radius 3 is 2.63 bits per heavy atom. The summed E-state index contributed by atoms with van der Waals surface area (Å²) < 4.78 is 40.6. The molecule has 0 aliphatic carbocycles. The van der Waals surface area contributed by atoms with Gasteiger partial charge in [-0.05, 0) is 18.6 Å². The Morgan fingerprint density at radius 1 is 1.42 bits per heavy atom. The zero-order valence-electron chi connectivity index (χ0n) is 10.4. The van der Waals surface area contributed by atoms with Crippen LogP contribution in [0.3, 0.4) is 0 Å². The minimum Gasteiger partial charge on any atom is -0.497 e. The highest BCUT2D eigenvalue weighted by atomic mass is 19.4. The summed E-state index contributed by atoms with van der Waals surface area (Å²) in [5.41, 5.74) is 6.08. The molecule has 0 spiro atoms. The van der Waals surface area contributed by atoms with E-state index < -0.39 is 18.5 Å². The lowest BCUT2D eigenvalue weighted by Gasteiger charge is -2.09. The molecule has 0 radical (unpaired) electrons. The molecule has 7 heteroatoms. The molecule has 0 saturated heterocycles. The lowest BCUT2D eigenvalue weighted by atomic mass is 10.1. The Morgan fingerprint density at radius 2 is 2.11 bits per heavy atom. The fourth-order valence-electron chi connectivity index (χ4n) is 1.46. The van der Waals surface area contributed by atoms with Gasteiger partial charge in [-0.2, -0.15) is 13.2 Å². The van der Waals surface area contributed by atoms with E-state index in [0.29, 0.717) is 5.75 Å². The van der Waals surface area contributed by atoms with Gasteiger partial charge in [-0.25, -0.2) is 0 Å². The van der Waals surface area contributed by atoms with Crippen LogP contribution in [0.25, 0.3) is 0 Å². The van der Waals surface area contributed by atoms with Crippen LogP contribution >= 0.6 is 0 Å². The summed E-state index contributed by atoms with van der Waals surface area (Å²) in [7, 11) is 1.46. The average Bonchev–Trinajstić information content (AvgIpc) is 2.33. The van der Waals surface area contributed by atoms with E-state index in [9.17, 15) is 18.0 Å². The molecule has 4 nitrogen and oxygen atoms in total. The highest BCUT2D eigenvalue weighted by Gasteiger charge is 2.26. The molecular formula is C12H15F3N2O2. The Bertz CT molecular complexity index is 447. The van der Waals surface area contributed by atoms with Crippen LogP contribution in [0, 0.1) is 0 Å². The van der Waals surface area contributed by atoms with Crippen molar-refractivity contribution >= 4 is 11.6 Å². The third-order valence-corrected chi connectivity index (χ3v) is 2.43. The number of anilines is 1. The van der Waals surface area contributed by atoms with Gasteiger partial charge in [0.25, 0.3) is 5.91 Å². The van der Waals surface area contributed by atoms with Gasteiger partial charge in [0.15, 0.2) is 0 Å². The van der Waals surface area contributed by atoms with E-state index in [2.05, 4.69) is 5.32 Å². The van der Waals surface area contributed by atoms with Gasteiger partial charge in [0.2, 0.25) is 0 Å². The van der Waals surface area contributed by atoms with Crippen LogP contribution in [0.15, 0.2) is 18.2 Å². The summed E-state index contributed by atoms with van der Waals surface area (Å²) in [6.45, 7) is -0.0518. The average molecular weight is 276 g/mol. The Balaban J connectivity index is 2.50. The zero-order valence-corrected chi connectivity index (χ0v) is 10.4. The monoisotopic (exact) mass is 276 g/mol. The van der Waals surface area contributed by atoms with Crippen molar-refractivity contribution in [3.8, 4) is 5.75 Å². The van der Waals surface area contributed by atoms with Crippen LogP contribution in [0.2, 0.25) is 0 Å². The predicted molar refractivity (Wildman–Crippen MR) is 65.0 cm³/mol. The van der Waals surface area contributed by atoms with E-state index in [1.54, 1.807) is 6.07 Å². The molecule has 0 fully saturated rings. The molecule has 1 amide bonds. The van der Waals surface area contributed by atoms with Crippen molar-refractivity contribution in [3.63, 3.8) is 0 Å². The first-order valence-corrected chi connectivity index (χ1v) is 5.62. The third kappa shape index (κ3) is 5.07. The number of halogens is 3. The van der Waals surface area contributed by atoms with Gasteiger partial charge in [0, 0.05) is 24.7 Å². The van der Waals surface area contributed by atoms with Crippen LogP contribution in [0.1, 0.15) is 23.2 Å². The topological polar surface area (TPSA) is 64.3 Å². The Hall–Kier alpha value is -1.92. The first-order chi connectivity index (χ1) is 8.83. The number of carbonyl (C=O) groups is 1. The highest BCUT2D eigenvalue weighted by molar-refractivity contribution is 5.99. The summed E-state index contributed by atoms with van der Waals surface area (Å²) in [5.74, 6) is 0.00782. The number of methoxy groups -OCH3 is 1. The zero-order chi connectivity index (χ0) is 14.5.